The third-order valence-electron chi connectivity index (χ3n) is 7.29. The highest BCUT2D eigenvalue weighted by Gasteiger charge is 2.34. The van der Waals surface area contributed by atoms with E-state index < -0.39 is 0 Å². The lowest BCUT2D eigenvalue weighted by atomic mass is 9.97. The van der Waals surface area contributed by atoms with Crippen molar-refractivity contribution in [3.05, 3.63) is 59.3 Å². The summed E-state index contributed by atoms with van der Waals surface area (Å²) in [5.74, 6) is 7.17. The normalized spacial score (nSPS) is 21.3. The minimum Gasteiger partial charge on any atom is -0.472 e. The summed E-state index contributed by atoms with van der Waals surface area (Å²) in [6.07, 6.45) is 4.32. The van der Waals surface area contributed by atoms with Gasteiger partial charge < -0.3 is 24.4 Å². The fraction of sp³-hybridized carbons (Fsp3) is 0.533. The number of aliphatic hydroxyl groups excluding tert-OH is 1. The molecule has 2 aliphatic rings. The van der Waals surface area contributed by atoms with Crippen LogP contribution in [0.5, 0.6) is 5.88 Å². The minimum absolute atomic E-state index is 0.0652. The van der Waals surface area contributed by atoms with Crippen molar-refractivity contribution in [2.45, 2.75) is 45.3 Å². The monoisotopic (exact) mass is 505 g/mol. The van der Waals surface area contributed by atoms with Crippen LogP contribution in [0.15, 0.2) is 42.6 Å². The molecule has 1 aromatic carbocycles. The van der Waals surface area contributed by atoms with E-state index in [9.17, 15) is 9.90 Å². The van der Waals surface area contributed by atoms with Crippen LogP contribution < -0.4 is 4.74 Å². The van der Waals surface area contributed by atoms with Crippen LogP contribution >= 0.6 is 0 Å². The average Bonchev–Trinajstić information content (AvgIpc) is 2.91. The van der Waals surface area contributed by atoms with Gasteiger partial charge in [-0.25, -0.2) is 4.98 Å². The zero-order chi connectivity index (χ0) is 26.2. The molecule has 0 spiro atoms. The summed E-state index contributed by atoms with van der Waals surface area (Å²) in [7, 11) is 2.13. The average molecular weight is 506 g/mol. The van der Waals surface area contributed by atoms with Gasteiger partial charge >= 0.3 is 0 Å². The number of pyridine rings is 1. The van der Waals surface area contributed by atoms with Crippen LogP contribution in [0, 0.1) is 23.7 Å². The van der Waals surface area contributed by atoms with Gasteiger partial charge in [0.1, 0.15) is 11.7 Å². The number of hydrogen-bond acceptors (Lipinski definition) is 6. The van der Waals surface area contributed by atoms with Crippen molar-refractivity contribution >= 4 is 5.91 Å². The Kier molecular flexibility index (Phi) is 9.56. The van der Waals surface area contributed by atoms with Crippen molar-refractivity contribution in [2.24, 2.45) is 11.8 Å². The van der Waals surface area contributed by atoms with Crippen molar-refractivity contribution in [3.63, 3.8) is 0 Å². The first-order valence-electron chi connectivity index (χ1n) is 13.3. The van der Waals surface area contributed by atoms with E-state index >= 15 is 0 Å². The Bertz CT molecular complexity index is 1090. The van der Waals surface area contributed by atoms with Gasteiger partial charge in [0.2, 0.25) is 5.88 Å². The molecule has 7 nitrogen and oxygen atoms in total. The Morgan fingerprint density at radius 2 is 1.97 bits per heavy atom. The minimum atomic E-state index is -0.311. The van der Waals surface area contributed by atoms with Crippen molar-refractivity contribution in [1.82, 2.24) is 14.8 Å². The second-order valence-electron chi connectivity index (χ2n) is 10.4. The molecule has 37 heavy (non-hydrogen) atoms. The van der Waals surface area contributed by atoms with Gasteiger partial charge in [-0.1, -0.05) is 49.1 Å². The number of aliphatic hydroxyl groups is 1. The Hall–Kier alpha value is -2.92. The summed E-state index contributed by atoms with van der Waals surface area (Å²) in [6, 6.07) is 11.5. The van der Waals surface area contributed by atoms with Gasteiger partial charge in [-0.05, 0) is 44.4 Å². The number of carbonyl (C=O) groups excluding carboxylic acids is 1. The van der Waals surface area contributed by atoms with Crippen molar-refractivity contribution in [2.75, 3.05) is 46.5 Å². The van der Waals surface area contributed by atoms with Gasteiger partial charge in [-0.3, -0.25) is 4.79 Å². The molecular formula is C30H39N3O4. The fourth-order valence-electron chi connectivity index (χ4n) is 4.98. The number of ether oxygens (including phenoxy) is 2. The highest BCUT2D eigenvalue weighted by Crippen LogP contribution is 2.27. The number of amides is 1. The molecule has 0 saturated carbocycles. The van der Waals surface area contributed by atoms with E-state index in [1.165, 1.54) is 0 Å². The number of fused-ring (bicyclic) bond motifs is 1. The number of aromatic nitrogens is 1. The Morgan fingerprint density at radius 3 is 2.70 bits per heavy atom. The first-order chi connectivity index (χ1) is 17.9. The quantitative estimate of drug-likeness (QED) is 0.583. The Morgan fingerprint density at radius 1 is 1.22 bits per heavy atom. The molecule has 0 aliphatic carbocycles. The van der Waals surface area contributed by atoms with Crippen LogP contribution in [0.3, 0.4) is 0 Å². The Balaban J connectivity index is 1.55. The van der Waals surface area contributed by atoms with E-state index in [2.05, 4.69) is 35.7 Å². The van der Waals surface area contributed by atoms with E-state index in [1.54, 1.807) is 17.2 Å². The molecule has 3 atom stereocenters. The fourth-order valence-corrected chi connectivity index (χ4v) is 4.98. The maximum atomic E-state index is 13.6. The molecule has 7 heteroatoms. The lowest BCUT2D eigenvalue weighted by Crippen LogP contribution is -2.50. The second-order valence-corrected chi connectivity index (χ2v) is 10.4. The largest absolute Gasteiger partial charge is 0.472 e. The second kappa shape index (κ2) is 13.0. The summed E-state index contributed by atoms with van der Waals surface area (Å²) in [4.78, 5) is 22.2. The number of carbonyl (C=O) groups is 1. The van der Waals surface area contributed by atoms with Crippen LogP contribution in [0.25, 0.3) is 0 Å². The van der Waals surface area contributed by atoms with Gasteiger partial charge in [0.05, 0.1) is 12.6 Å². The van der Waals surface area contributed by atoms with Gasteiger partial charge in [-0.2, -0.15) is 0 Å². The highest BCUT2D eigenvalue weighted by atomic mass is 16.5. The van der Waals surface area contributed by atoms with E-state index in [0.29, 0.717) is 35.9 Å². The summed E-state index contributed by atoms with van der Waals surface area (Å²) in [5, 5.41) is 9.89. The molecule has 0 bridgehead atoms. The lowest BCUT2D eigenvalue weighted by Gasteiger charge is -2.38. The first kappa shape index (κ1) is 27.1. The van der Waals surface area contributed by atoms with E-state index in [-0.39, 0.29) is 30.6 Å². The lowest BCUT2D eigenvalue weighted by molar-refractivity contribution is 0.0254. The standard InChI is InChI=1S/C30H39N3O4/c1-22-18-33(23(2)21-34)30(35)27-16-26(11-7-10-24-8-5-4-6-9-24)17-31-29(27)37-28(22)20-32(3)19-25-12-14-36-15-13-25/h4-6,8-9,16-17,22-23,25,28,34H,10,12-15,18-21H2,1-3H3/t22-,23+,28+/m0/s1. The third kappa shape index (κ3) is 7.32. The molecule has 1 N–H and O–H groups in total. The zero-order valence-corrected chi connectivity index (χ0v) is 22.2. The topological polar surface area (TPSA) is 75.1 Å². The molecule has 1 aromatic heterocycles. The molecule has 1 amide bonds. The van der Waals surface area contributed by atoms with Crippen molar-refractivity contribution in [1.29, 1.82) is 0 Å². The molecule has 0 unspecified atom stereocenters. The summed E-state index contributed by atoms with van der Waals surface area (Å²) in [6.45, 7) is 7.75. The predicted molar refractivity (Wildman–Crippen MR) is 143 cm³/mol. The molecule has 198 valence electrons. The van der Waals surface area contributed by atoms with E-state index in [0.717, 1.165) is 44.7 Å². The SMILES string of the molecule is C[C@H](CO)N1C[C@H](C)[C@@H](CN(C)CC2CCOCC2)Oc2ncc(C#CCc3ccccc3)cc2C1=O. The maximum Gasteiger partial charge on any atom is 0.259 e. The predicted octanol–water partition coefficient (Wildman–Crippen LogP) is 3.25. The maximum absolute atomic E-state index is 13.6. The van der Waals surface area contributed by atoms with Crippen LogP contribution in [0.1, 0.15) is 48.2 Å². The van der Waals surface area contributed by atoms with E-state index in [1.807, 2.05) is 37.3 Å². The summed E-state index contributed by atoms with van der Waals surface area (Å²) in [5.41, 5.74) is 2.21. The number of likely N-dealkylation sites (N-methyl/N-ethyl adjacent to an activating group) is 1. The number of hydrogen-bond donors (Lipinski definition) is 1. The van der Waals surface area contributed by atoms with Crippen LogP contribution in [0.4, 0.5) is 0 Å². The van der Waals surface area contributed by atoms with Crippen LogP contribution in [-0.2, 0) is 11.2 Å². The van der Waals surface area contributed by atoms with Gasteiger partial charge in [0.25, 0.3) is 5.91 Å². The number of benzene rings is 1. The molecule has 3 heterocycles. The highest BCUT2D eigenvalue weighted by molar-refractivity contribution is 5.97. The Labute approximate surface area is 220 Å². The number of nitrogens with zero attached hydrogens (tertiary/aromatic N) is 3. The molecule has 1 fully saturated rings. The summed E-state index contributed by atoms with van der Waals surface area (Å²) >= 11 is 0. The molecule has 1 saturated heterocycles. The van der Waals surface area contributed by atoms with Crippen molar-refractivity contribution < 1.29 is 19.4 Å². The smallest absolute Gasteiger partial charge is 0.259 e. The molecule has 4 rings (SSSR count). The van der Waals surface area contributed by atoms with Crippen LogP contribution in [-0.4, -0.2) is 84.4 Å². The first-order valence-corrected chi connectivity index (χ1v) is 13.3. The van der Waals surface area contributed by atoms with Crippen LogP contribution in [0.2, 0.25) is 0 Å². The van der Waals surface area contributed by atoms with Gasteiger partial charge in [0.15, 0.2) is 0 Å². The molecule has 0 radical (unpaired) electrons. The zero-order valence-electron chi connectivity index (χ0n) is 22.2. The molecule has 2 aliphatic heterocycles. The molecular weight excluding hydrogens is 466 g/mol. The summed E-state index contributed by atoms with van der Waals surface area (Å²) < 4.78 is 11.9. The molecule has 2 aromatic rings. The van der Waals surface area contributed by atoms with E-state index in [4.69, 9.17) is 9.47 Å². The third-order valence-corrected chi connectivity index (χ3v) is 7.29. The van der Waals surface area contributed by atoms with Gasteiger partial charge in [0, 0.05) is 56.9 Å². The number of rotatable bonds is 7. The van der Waals surface area contributed by atoms with Crippen molar-refractivity contribution in [3.8, 4) is 17.7 Å². The van der Waals surface area contributed by atoms with Gasteiger partial charge in [-0.15, -0.1) is 0 Å².